The van der Waals surface area contributed by atoms with E-state index in [1.54, 1.807) is 24.0 Å². The fourth-order valence-corrected chi connectivity index (χ4v) is 4.36. The number of hydrogen-bond acceptors (Lipinski definition) is 7. The number of aromatic nitrogens is 2. The normalized spacial score (nSPS) is 17.9. The number of amides is 1. The maximum Gasteiger partial charge on any atom is 0.257 e. The van der Waals surface area contributed by atoms with Gasteiger partial charge in [-0.15, -0.1) is 0 Å². The fraction of sp³-hybridized carbons (Fsp3) is 0.370. The van der Waals surface area contributed by atoms with Gasteiger partial charge in [0.05, 0.1) is 24.8 Å². The molecule has 9 nitrogen and oxygen atoms in total. The Balaban J connectivity index is 1.40. The first-order chi connectivity index (χ1) is 18.7. The van der Waals surface area contributed by atoms with Crippen molar-refractivity contribution in [1.29, 1.82) is 0 Å². The Labute approximate surface area is 223 Å². The minimum Gasteiger partial charge on any atom is -0.456 e. The van der Waals surface area contributed by atoms with E-state index in [1.165, 1.54) is 42.7 Å². The van der Waals surface area contributed by atoms with Gasteiger partial charge in [-0.2, -0.15) is 0 Å². The van der Waals surface area contributed by atoms with Crippen molar-refractivity contribution in [3.05, 3.63) is 82.2 Å². The Kier molecular flexibility index (Phi) is 9.00. The topological polar surface area (TPSA) is 120 Å². The second-order valence-electron chi connectivity index (χ2n) is 9.35. The maximum atomic E-state index is 15.0. The molecule has 1 aliphatic rings. The maximum absolute atomic E-state index is 15.0. The predicted octanol–water partition coefficient (Wildman–Crippen LogP) is 3.24. The van der Waals surface area contributed by atoms with E-state index in [0.717, 1.165) is 0 Å². The van der Waals surface area contributed by atoms with Gasteiger partial charge in [0, 0.05) is 44.4 Å². The van der Waals surface area contributed by atoms with Crippen LogP contribution in [0, 0.1) is 5.82 Å². The Bertz CT molecular complexity index is 1320. The molecule has 0 saturated carbocycles. The van der Waals surface area contributed by atoms with E-state index in [9.17, 15) is 22.8 Å². The van der Waals surface area contributed by atoms with Crippen LogP contribution in [0.1, 0.15) is 30.4 Å². The molecule has 0 bridgehead atoms. The fourth-order valence-electron chi connectivity index (χ4n) is 4.36. The number of aliphatic hydroxyl groups excluding tert-OH is 1. The van der Waals surface area contributed by atoms with Crippen LogP contribution in [0.15, 0.2) is 59.7 Å². The van der Waals surface area contributed by atoms with Crippen molar-refractivity contribution < 1.29 is 27.8 Å². The van der Waals surface area contributed by atoms with E-state index in [1.807, 2.05) is 0 Å². The highest BCUT2D eigenvalue weighted by molar-refractivity contribution is 5.93. The monoisotopic (exact) mass is 545 g/mol. The number of aliphatic hydroxyl groups is 1. The molecule has 1 aromatic carbocycles. The van der Waals surface area contributed by atoms with Gasteiger partial charge in [-0.1, -0.05) is 0 Å². The molecular weight excluding hydrogens is 515 g/mol. The summed E-state index contributed by atoms with van der Waals surface area (Å²) in [5.41, 5.74) is 0.170. The number of carbonyl (C=O) groups excluding carboxylic acids is 1. The first-order valence-electron chi connectivity index (χ1n) is 12.5. The number of halogens is 3. The summed E-state index contributed by atoms with van der Waals surface area (Å²) in [6.07, 6.45) is 2.26. The Morgan fingerprint density at radius 2 is 2.00 bits per heavy atom. The molecule has 4 rings (SSSR count). The lowest BCUT2D eigenvalue weighted by Gasteiger charge is -2.40. The second-order valence-corrected chi connectivity index (χ2v) is 9.35. The molecular formula is C27H30F3N5O4. The number of nitrogens with one attached hydrogen (secondary N) is 3. The minimum absolute atomic E-state index is 0.0181. The van der Waals surface area contributed by atoms with E-state index in [-0.39, 0.29) is 55.5 Å². The van der Waals surface area contributed by atoms with E-state index < -0.39 is 35.8 Å². The largest absolute Gasteiger partial charge is 0.456 e. The van der Waals surface area contributed by atoms with Crippen molar-refractivity contribution in [2.45, 2.75) is 37.8 Å². The molecule has 1 fully saturated rings. The number of aromatic amines is 1. The van der Waals surface area contributed by atoms with Gasteiger partial charge in [0.2, 0.25) is 5.91 Å². The van der Waals surface area contributed by atoms with Crippen LogP contribution in [0.3, 0.4) is 0 Å². The zero-order valence-corrected chi connectivity index (χ0v) is 21.3. The second kappa shape index (κ2) is 12.4. The molecule has 4 N–H and O–H groups in total. The number of ether oxygens (including phenoxy) is 1. The van der Waals surface area contributed by atoms with Gasteiger partial charge >= 0.3 is 0 Å². The predicted molar refractivity (Wildman–Crippen MR) is 139 cm³/mol. The molecule has 39 heavy (non-hydrogen) atoms. The van der Waals surface area contributed by atoms with Crippen LogP contribution in [0.4, 0.5) is 19.0 Å². The number of benzene rings is 1. The van der Waals surface area contributed by atoms with Crippen molar-refractivity contribution >= 4 is 11.7 Å². The smallest absolute Gasteiger partial charge is 0.257 e. The highest BCUT2D eigenvalue weighted by Crippen LogP contribution is 2.40. The molecule has 1 amide bonds. The zero-order chi connectivity index (χ0) is 28.0. The number of likely N-dealkylation sites (tertiary alicyclic amines) is 1. The SMILES string of the molecule is CC(C(=O)Nc1ccc(Oc2ccc(F)cc2)cn1)N1CCC(F)(F)C(c2c[nH]c(=O)c(CNCCO)c2)C1. The van der Waals surface area contributed by atoms with E-state index in [0.29, 0.717) is 11.5 Å². The third-order valence-corrected chi connectivity index (χ3v) is 6.63. The Morgan fingerprint density at radius 1 is 1.26 bits per heavy atom. The van der Waals surface area contributed by atoms with Gasteiger partial charge in [-0.3, -0.25) is 14.5 Å². The molecule has 2 atom stereocenters. The van der Waals surface area contributed by atoms with Crippen LogP contribution >= 0.6 is 0 Å². The number of anilines is 1. The standard InChI is InChI=1S/C27H30F3N5O4/c1-17(25(37)34-24-7-6-22(15-32-24)39-21-4-2-20(28)3-5-21)35-10-8-27(29,30)23(16-35)18-12-19(13-31-9-11-36)26(38)33-14-18/h2-7,12,14-15,17,23,31,36H,8-11,13,16H2,1H3,(H,33,38)(H,32,34,37). The summed E-state index contributed by atoms with van der Waals surface area (Å²) in [4.78, 5) is 33.5. The van der Waals surface area contributed by atoms with Crippen molar-refractivity contribution in [3.63, 3.8) is 0 Å². The third-order valence-electron chi connectivity index (χ3n) is 6.63. The minimum atomic E-state index is -3.03. The summed E-state index contributed by atoms with van der Waals surface area (Å²) in [6, 6.07) is 9.36. The molecule has 2 aromatic heterocycles. The lowest BCUT2D eigenvalue weighted by atomic mass is 9.86. The van der Waals surface area contributed by atoms with Crippen molar-refractivity contribution in [2.75, 3.05) is 31.6 Å². The van der Waals surface area contributed by atoms with Crippen molar-refractivity contribution in [3.8, 4) is 11.5 Å². The van der Waals surface area contributed by atoms with Crippen LogP contribution in [0.2, 0.25) is 0 Å². The number of piperidine rings is 1. The summed E-state index contributed by atoms with van der Waals surface area (Å²) in [5, 5.41) is 14.5. The van der Waals surface area contributed by atoms with Gasteiger partial charge in [-0.05, 0) is 55.0 Å². The van der Waals surface area contributed by atoms with Crippen LogP contribution in [-0.2, 0) is 11.3 Å². The Morgan fingerprint density at radius 3 is 2.69 bits per heavy atom. The summed E-state index contributed by atoms with van der Waals surface area (Å²) >= 11 is 0. The summed E-state index contributed by atoms with van der Waals surface area (Å²) in [6.45, 7) is 1.85. The van der Waals surface area contributed by atoms with Gasteiger partial charge in [-0.25, -0.2) is 18.2 Å². The van der Waals surface area contributed by atoms with E-state index in [2.05, 4.69) is 20.6 Å². The molecule has 3 heterocycles. The van der Waals surface area contributed by atoms with Crippen LogP contribution in [0.25, 0.3) is 0 Å². The van der Waals surface area contributed by atoms with Gasteiger partial charge in [0.25, 0.3) is 11.5 Å². The number of nitrogens with zero attached hydrogens (tertiary/aromatic N) is 2. The molecule has 0 aliphatic carbocycles. The van der Waals surface area contributed by atoms with Gasteiger partial charge in [0.1, 0.15) is 23.1 Å². The van der Waals surface area contributed by atoms with Crippen LogP contribution in [0.5, 0.6) is 11.5 Å². The molecule has 3 aromatic rings. The average Bonchev–Trinajstić information content (AvgIpc) is 2.92. The summed E-state index contributed by atoms with van der Waals surface area (Å²) in [5.74, 6) is -3.96. The number of hydrogen-bond donors (Lipinski definition) is 4. The third kappa shape index (κ3) is 7.22. The van der Waals surface area contributed by atoms with Crippen molar-refractivity contribution in [2.24, 2.45) is 0 Å². The van der Waals surface area contributed by atoms with Crippen LogP contribution in [-0.4, -0.2) is 64.1 Å². The first-order valence-corrected chi connectivity index (χ1v) is 12.5. The van der Waals surface area contributed by atoms with Gasteiger partial charge < -0.3 is 25.5 Å². The number of H-pyrrole nitrogens is 1. The average molecular weight is 546 g/mol. The van der Waals surface area contributed by atoms with Gasteiger partial charge in [0.15, 0.2) is 0 Å². The lowest BCUT2D eigenvalue weighted by Crippen LogP contribution is -2.52. The Hall–Kier alpha value is -3.74. The molecule has 1 aliphatic heterocycles. The highest BCUT2D eigenvalue weighted by Gasteiger charge is 2.46. The van der Waals surface area contributed by atoms with Crippen LogP contribution < -0.4 is 20.9 Å². The first kappa shape index (κ1) is 28.3. The van der Waals surface area contributed by atoms with Crippen molar-refractivity contribution in [1.82, 2.24) is 20.2 Å². The number of rotatable bonds is 10. The molecule has 0 radical (unpaired) electrons. The van der Waals surface area contributed by atoms with E-state index in [4.69, 9.17) is 9.84 Å². The number of carbonyl (C=O) groups is 1. The highest BCUT2D eigenvalue weighted by atomic mass is 19.3. The number of alkyl halides is 2. The molecule has 2 unspecified atom stereocenters. The summed E-state index contributed by atoms with van der Waals surface area (Å²) in [7, 11) is 0. The molecule has 0 spiro atoms. The molecule has 12 heteroatoms. The molecule has 208 valence electrons. The van der Waals surface area contributed by atoms with E-state index >= 15 is 0 Å². The summed E-state index contributed by atoms with van der Waals surface area (Å²) < 4.78 is 48.6. The lowest BCUT2D eigenvalue weighted by molar-refractivity contribution is -0.125. The molecule has 1 saturated heterocycles. The quantitative estimate of drug-likeness (QED) is 0.289. The number of pyridine rings is 2. The zero-order valence-electron chi connectivity index (χ0n) is 21.3.